The molecule has 1 N–H and O–H groups in total. The van der Waals surface area contributed by atoms with Gasteiger partial charge in [0.1, 0.15) is 12.2 Å². The number of aromatic nitrogens is 3. The van der Waals surface area contributed by atoms with E-state index in [1.165, 1.54) is 5.56 Å². The number of benzene rings is 1. The van der Waals surface area contributed by atoms with Crippen LogP contribution < -0.4 is 5.32 Å². The fourth-order valence-corrected chi connectivity index (χ4v) is 2.69. The van der Waals surface area contributed by atoms with Crippen LogP contribution in [0.3, 0.4) is 0 Å². The zero-order valence-corrected chi connectivity index (χ0v) is 13.6. The fourth-order valence-electron chi connectivity index (χ4n) is 2.24. The highest BCUT2D eigenvalue weighted by Gasteiger charge is 2.13. The van der Waals surface area contributed by atoms with E-state index in [2.05, 4.69) is 62.5 Å². The van der Waals surface area contributed by atoms with E-state index < -0.39 is 0 Å². The Balaban J connectivity index is 2.05. The van der Waals surface area contributed by atoms with Crippen LogP contribution in [0, 0.1) is 0 Å². The number of aryl methyl sites for hydroxylation is 1. The molecule has 1 aromatic heterocycles. The number of nitrogens with one attached hydrogen (secondary N) is 1. The molecule has 108 valence electrons. The molecule has 1 unspecified atom stereocenters. The van der Waals surface area contributed by atoms with Crippen LogP contribution in [0.5, 0.6) is 0 Å². The summed E-state index contributed by atoms with van der Waals surface area (Å²) in [6, 6.07) is 8.87. The maximum atomic E-state index is 4.33. The van der Waals surface area contributed by atoms with E-state index in [-0.39, 0.29) is 0 Å². The lowest BCUT2D eigenvalue weighted by Crippen LogP contribution is -2.34. The summed E-state index contributed by atoms with van der Waals surface area (Å²) in [5.41, 5.74) is 1.33. The molecule has 4 nitrogen and oxygen atoms in total. The van der Waals surface area contributed by atoms with Gasteiger partial charge in [-0.2, -0.15) is 5.10 Å². The van der Waals surface area contributed by atoms with Crippen LogP contribution in [0.4, 0.5) is 0 Å². The first-order valence-electron chi connectivity index (χ1n) is 6.99. The highest BCUT2D eigenvalue weighted by atomic mass is 79.9. The predicted octanol–water partition coefficient (Wildman–Crippen LogP) is 2.73. The Hall–Kier alpha value is -1.20. The number of hydrogen-bond acceptors (Lipinski definition) is 3. The summed E-state index contributed by atoms with van der Waals surface area (Å²) < 4.78 is 2.98. The molecule has 0 bridgehead atoms. The normalized spacial score (nSPS) is 12.6. The van der Waals surface area contributed by atoms with Crippen molar-refractivity contribution in [3.8, 4) is 0 Å². The third-order valence-electron chi connectivity index (χ3n) is 3.29. The smallest absolute Gasteiger partial charge is 0.138 e. The average Bonchev–Trinajstić information content (AvgIpc) is 2.82. The SMILES string of the molecule is CCCNC(Cc1cccc(Br)c1)Cc1ncnn1C. The number of nitrogens with zero attached hydrogens (tertiary/aromatic N) is 3. The minimum absolute atomic E-state index is 0.382. The molecule has 0 saturated carbocycles. The Morgan fingerprint density at radius 2 is 2.20 bits per heavy atom. The first-order chi connectivity index (χ1) is 9.69. The van der Waals surface area contributed by atoms with Gasteiger partial charge < -0.3 is 5.32 Å². The van der Waals surface area contributed by atoms with Crippen molar-refractivity contribution in [3.05, 3.63) is 46.5 Å². The molecular weight excluding hydrogens is 316 g/mol. The molecule has 0 amide bonds. The summed E-state index contributed by atoms with van der Waals surface area (Å²) in [5.74, 6) is 1.02. The van der Waals surface area contributed by atoms with Crippen molar-refractivity contribution < 1.29 is 0 Å². The van der Waals surface area contributed by atoms with Crippen LogP contribution in [-0.4, -0.2) is 27.4 Å². The van der Waals surface area contributed by atoms with E-state index in [4.69, 9.17) is 0 Å². The Morgan fingerprint density at radius 3 is 2.85 bits per heavy atom. The van der Waals surface area contributed by atoms with Gasteiger partial charge in [0.15, 0.2) is 0 Å². The van der Waals surface area contributed by atoms with Gasteiger partial charge in [-0.1, -0.05) is 35.0 Å². The van der Waals surface area contributed by atoms with Crippen LogP contribution in [0.1, 0.15) is 24.7 Å². The van der Waals surface area contributed by atoms with Gasteiger partial charge in [-0.15, -0.1) is 0 Å². The van der Waals surface area contributed by atoms with E-state index >= 15 is 0 Å². The summed E-state index contributed by atoms with van der Waals surface area (Å²) in [7, 11) is 1.94. The van der Waals surface area contributed by atoms with E-state index in [0.29, 0.717) is 6.04 Å². The maximum Gasteiger partial charge on any atom is 0.138 e. The molecular formula is C15H21BrN4. The third-order valence-corrected chi connectivity index (χ3v) is 3.78. The Bertz CT molecular complexity index is 538. The van der Waals surface area contributed by atoms with Crippen molar-refractivity contribution in [1.29, 1.82) is 0 Å². The molecule has 0 aliphatic carbocycles. The molecule has 20 heavy (non-hydrogen) atoms. The standard InChI is InChI=1S/C15H21BrN4/c1-3-7-17-14(10-15-18-11-19-20(15)2)9-12-5-4-6-13(16)8-12/h4-6,8,11,14,17H,3,7,9-10H2,1-2H3. The number of halogens is 1. The van der Waals surface area contributed by atoms with Crippen molar-refractivity contribution in [2.75, 3.05) is 6.54 Å². The largest absolute Gasteiger partial charge is 0.313 e. The quantitative estimate of drug-likeness (QED) is 0.845. The van der Waals surface area contributed by atoms with Gasteiger partial charge in [-0.25, -0.2) is 4.98 Å². The van der Waals surface area contributed by atoms with E-state index in [1.807, 2.05) is 11.7 Å². The lowest BCUT2D eigenvalue weighted by molar-refractivity contribution is 0.485. The highest BCUT2D eigenvalue weighted by molar-refractivity contribution is 9.10. The molecule has 5 heteroatoms. The molecule has 0 fully saturated rings. The lowest BCUT2D eigenvalue weighted by atomic mass is 10.0. The van der Waals surface area contributed by atoms with Crippen molar-refractivity contribution in [3.63, 3.8) is 0 Å². The number of hydrogen-bond donors (Lipinski definition) is 1. The van der Waals surface area contributed by atoms with Gasteiger partial charge in [0.05, 0.1) is 0 Å². The van der Waals surface area contributed by atoms with Gasteiger partial charge in [0, 0.05) is 24.0 Å². The summed E-state index contributed by atoms with van der Waals surface area (Å²) >= 11 is 3.53. The first kappa shape index (κ1) is 15.2. The van der Waals surface area contributed by atoms with Gasteiger partial charge in [-0.05, 0) is 37.1 Å². The molecule has 2 rings (SSSR count). The molecule has 1 heterocycles. The minimum atomic E-state index is 0.382. The van der Waals surface area contributed by atoms with Crippen molar-refractivity contribution in [1.82, 2.24) is 20.1 Å². The Kier molecular flexibility index (Phi) is 5.73. The zero-order chi connectivity index (χ0) is 14.4. The average molecular weight is 337 g/mol. The monoisotopic (exact) mass is 336 g/mol. The van der Waals surface area contributed by atoms with E-state index in [1.54, 1.807) is 6.33 Å². The molecule has 1 aromatic carbocycles. The summed E-state index contributed by atoms with van der Waals surface area (Å²) in [6.45, 7) is 3.21. The van der Waals surface area contributed by atoms with Gasteiger partial charge in [0.25, 0.3) is 0 Å². The molecule has 2 aromatic rings. The fraction of sp³-hybridized carbons (Fsp3) is 0.467. The van der Waals surface area contributed by atoms with Gasteiger partial charge in [0.2, 0.25) is 0 Å². The zero-order valence-electron chi connectivity index (χ0n) is 12.0. The molecule has 0 saturated heterocycles. The summed E-state index contributed by atoms with van der Waals surface area (Å²) in [6.07, 6.45) is 4.63. The third kappa shape index (κ3) is 4.42. The van der Waals surface area contributed by atoms with E-state index in [9.17, 15) is 0 Å². The topological polar surface area (TPSA) is 42.7 Å². The Morgan fingerprint density at radius 1 is 1.35 bits per heavy atom. The van der Waals surface area contributed by atoms with Gasteiger partial charge >= 0.3 is 0 Å². The maximum absolute atomic E-state index is 4.33. The van der Waals surface area contributed by atoms with E-state index in [0.717, 1.165) is 36.1 Å². The molecule has 0 aliphatic rings. The van der Waals surface area contributed by atoms with Crippen LogP contribution >= 0.6 is 15.9 Å². The van der Waals surface area contributed by atoms with Crippen molar-refractivity contribution >= 4 is 15.9 Å². The summed E-state index contributed by atoms with van der Waals surface area (Å²) in [4.78, 5) is 4.33. The molecule has 0 spiro atoms. The lowest BCUT2D eigenvalue weighted by Gasteiger charge is -2.18. The van der Waals surface area contributed by atoms with Crippen molar-refractivity contribution in [2.45, 2.75) is 32.2 Å². The second-order valence-corrected chi connectivity index (χ2v) is 5.90. The molecule has 1 atom stereocenters. The second-order valence-electron chi connectivity index (χ2n) is 4.99. The van der Waals surface area contributed by atoms with Crippen LogP contribution in [0.15, 0.2) is 35.1 Å². The van der Waals surface area contributed by atoms with Crippen molar-refractivity contribution in [2.24, 2.45) is 7.05 Å². The number of rotatable bonds is 7. The van der Waals surface area contributed by atoms with Crippen LogP contribution in [0.2, 0.25) is 0 Å². The minimum Gasteiger partial charge on any atom is -0.313 e. The highest BCUT2D eigenvalue weighted by Crippen LogP contribution is 2.14. The molecule has 0 radical (unpaired) electrons. The van der Waals surface area contributed by atoms with Gasteiger partial charge in [-0.3, -0.25) is 4.68 Å². The summed E-state index contributed by atoms with van der Waals surface area (Å²) in [5, 5.41) is 7.75. The Labute approximate surface area is 128 Å². The first-order valence-corrected chi connectivity index (χ1v) is 7.79. The predicted molar refractivity (Wildman–Crippen MR) is 84.6 cm³/mol. The van der Waals surface area contributed by atoms with Crippen LogP contribution in [0.25, 0.3) is 0 Å². The second kappa shape index (κ2) is 7.55. The molecule has 0 aliphatic heterocycles. The van der Waals surface area contributed by atoms with Crippen LogP contribution in [-0.2, 0) is 19.9 Å².